The van der Waals surface area contributed by atoms with Crippen LogP contribution in [-0.4, -0.2) is 63.4 Å². The third-order valence-electron chi connectivity index (χ3n) is 4.65. The number of piperidine rings is 1. The average Bonchev–Trinajstić information content (AvgIpc) is 2.57. The minimum absolute atomic E-state index is 0.657. The lowest BCUT2D eigenvalue weighted by Gasteiger charge is -2.34. The Morgan fingerprint density at radius 3 is 2.41 bits per heavy atom. The lowest BCUT2D eigenvalue weighted by molar-refractivity contribution is 0.0380. The third kappa shape index (κ3) is 4.59. The van der Waals surface area contributed by atoms with E-state index >= 15 is 0 Å². The van der Waals surface area contributed by atoms with Gasteiger partial charge in [0.25, 0.3) is 0 Å². The number of ether oxygens (including phenoxy) is 1. The van der Waals surface area contributed by atoms with E-state index in [1.54, 1.807) is 0 Å². The highest BCUT2D eigenvalue weighted by atomic mass is 35.5. The van der Waals surface area contributed by atoms with E-state index < -0.39 is 0 Å². The highest BCUT2D eigenvalue weighted by Crippen LogP contribution is 2.21. The van der Waals surface area contributed by atoms with Gasteiger partial charge in [0.15, 0.2) is 0 Å². The van der Waals surface area contributed by atoms with Crippen LogP contribution in [0.3, 0.4) is 0 Å². The number of benzene rings is 1. The monoisotopic (exact) mass is 323 g/mol. The summed E-state index contributed by atoms with van der Waals surface area (Å²) in [5, 5.41) is 4.53. The topological polar surface area (TPSA) is 27.7 Å². The second-order valence-electron chi connectivity index (χ2n) is 6.15. The predicted molar refractivity (Wildman–Crippen MR) is 91.9 cm³/mol. The second kappa shape index (κ2) is 8.16. The molecule has 122 valence electrons. The number of nitrogens with one attached hydrogen (secondary N) is 1. The minimum Gasteiger partial charge on any atom is -0.379 e. The number of morpholine rings is 1. The zero-order valence-corrected chi connectivity index (χ0v) is 13.9. The quantitative estimate of drug-likeness (QED) is 0.899. The fourth-order valence-electron chi connectivity index (χ4n) is 3.25. The van der Waals surface area contributed by atoms with E-state index in [0.29, 0.717) is 6.04 Å². The molecular formula is C17H26ClN3O. The van der Waals surface area contributed by atoms with E-state index in [9.17, 15) is 0 Å². The fraction of sp³-hybridized carbons (Fsp3) is 0.647. The molecule has 2 heterocycles. The maximum Gasteiger partial charge on any atom is 0.0594 e. The van der Waals surface area contributed by atoms with Gasteiger partial charge in [-0.1, -0.05) is 11.6 Å². The predicted octanol–water partition coefficient (Wildman–Crippen LogP) is 2.23. The Bertz CT molecular complexity index is 440. The Morgan fingerprint density at radius 2 is 1.73 bits per heavy atom. The molecule has 0 aliphatic carbocycles. The van der Waals surface area contributed by atoms with Gasteiger partial charge in [0, 0.05) is 56.0 Å². The zero-order chi connectivity index (χ0) is 15.2. The van der Waals surface area contributed by atoms with Crippen LogP contribution in [0.2, 0.25) is 5.02 Å². The van der Waals surface area contributed by atoms with Gasteiger partial charge in [-0.3, -0.25) is 4.90 Å². The summed E-state index contributed by atoms with van der Waals surface area (Å²) in [5.41, 5.74) is 1.29. The lowest BCUT2D eigenvalue weighted by atomic mass is 10.0. The van der Waals surface area contributed by atoms with Crippen LogP contribution < -0.4 is 10.2 Å². The van der Waals surface area contributed by atoms with Crippen LogP contribution in [-0.2, 0) is 4.74 Å². The molecule has 0 radical (unpaired) electrons. The maximum absolute atomic E-state index is 5.95. The van der Waals surface area contributed by atoms with Crippen molar-refractivity contribution in [3.05, 3.63) is 29.3 Å². The smallest absolute Gasteiger partial charge is 0.0594 e. The summed E-state index contributed by atoms with van der Waals surface area (Å²) in [6.45, 7) is 8.41. The SMILES string of the molecule is Clc1ccc(N2CCC(NCCN3CCOCC3)CC2)cc1. The van der Waals surface area contributed by atoms with Crippen molar-refractivity contribution in [2.24, 2.45) is 0 Å². The molecule has 1 N–H and O–H groups in total. The number of halogens is 1. The van der Waals surface area contributed by atoms with Gasteiger partial charge in [-0.05, 0) is 37.1 Å². The van der Waals surface area contributed by atoms with Crippen LogP contribution in [0.5, 0.6) is 0 Å². The first-order valence-electron chi connectivity index (χ1n) is 8.35. The van der Waals surface area contributed by atoms with E-state index in [1.807, 2.05) is 12.1 Å². The summed E-state index contributed by atoms with van der Waals surface area (Å²) in [6.07, 6.45) is 2.43. The Labute approximate surface area is 138 Å². The molecule has 5 heteroatoms. The first kappa shape index (κ1) is 16.1. The molecular weight excluding hydrogens is 298 g/mol. The molecule has 2 fully saturated rings. The molecule has 4 nitrogen and oxygen atoms in total. The molecule has 0 spiro atoms. The molecule has 0 unspecified atom stereocenters. The van der Waals surface area contributed by atoms with Crippen LogP contribution in [0.1, 0.15) is 12.8 Å². The molecule has 0 atom stereocenters. The first-order valence-corrected chi connectivity index (χ1v) is 8.73. The van der Waals surface area contributed by atoms with Crippen molar-refractivity contribution in [3.8, 4) is 0 Å². The Kier molecular flexibility index (Phi) is 5.96. The fourth-order valence-corrected chi connectivity index (χ4v) is 3.37. The van der Waals surface area contributed by atoms with E-state index in [0.717, 1.165) is 57.5 Å². The molecule has 2 saturated heterocycles. The van der Waals surface area contributed by atoms with E-state index in [-0.39, 0.29) is 0 Å². The molecule has 22 heavy (non-hydrogen) atoms. The Morgan fingerprint density at radius 1 is 1.05 bits per heavy atom. The van der Waals surface area contributed by atoms with E-state index in [4.69, 9.17) is 16.3 Å². The second-order valence-corrected chi connectivity index (χ2v) is 6.58. The van der Waals surface area contributed by atoms with Crippen molar-refractivity contribution in [2.75, 3.05) is 57.4 Å². The van der Waals surface area contributed by atoms with Crippen molar-refractivity contribution in [2.45, 2.75) is 18.9 Å². The van der Waals surface area contributed by atoms with Gasteiger partial charge in [-0.2, -0.15) is 0 Å². The molecule has 1 aromatic carbocycles. The van der Waals surface area contributed by atoms with Gasteiger partial charge < -0.3 is 15.0 Å². The van der Waals surface area contributed by atoms with Crippen molar-refractivity contribution >= 4 is 17.3 Å². The van der Waals surface area contributed by atoms with Gasteiger partial charge in [0.2, 0.25) is 0 Å². The van der Waals surface area contributed by atoms with Crippen molar-refractivity contribution in [3.63, 3.8) is 0 Å². The zero-order valence-electron chi connectivity index (χ0n) is 13.1. The van der Waals surface area contributed by atoms with Crippen LogP contribution in [0.25, 0.3) is 0 Å². The minimum atomic E-state index is 0.657. The number of hydrogen-bond donors (Lipinski definition) is 1. The van der Waals surface area contributed by atoms with Gasteiger partial charge >= 0.3 is 0 Å². The highest BCUT2D eigenvalue weighted by Gasteiger charge is 2.19. The Hall–Kier alpha value is -0.810. The number of anilines is 1. The molecule has 0 bridgehead atoms. The summed E-state index contributed by atoms with van der Waals surface area (Å²) in [4.78, 5) is 4.94. The van der Waals surface area contributed by atoms with Crippen molar-refractivity contribution in [1.29, 1.82) is 0 Å². The number of hydrogen-bond acceptors (Lipinski definition) is 4. The summed E-state index contributed by atoms with van der Waals surface area (Å²) >= 11 is 5.95. The van der Waals surface area contributed by atoms with Crippen LogP contribution >= 0.6 is 11.6 Å². The molecule has 0 aromatic heterocycles. The summed E-state index contributed by atoms with van der Waals surface area (Å²) in [7, 11) is 0. The first-order chi connectivity index (χ1) is 10.8. The lowest BCUT2D eigenvalue weighted by Crippen LogP contribution is -2.46. The van der Waals surface area contributed by atoms with Gasteiger partial charge in [-0.15, -0.1) is 0 Å². The van der Waals surface area contributed by atoms with E-state index in [2.05, 4.69) is 27.2 Å². The maximum atomic E-state index is 5.95. The largest absolute Gasteiger partial charge is 0.379 e. The number of nitrogens with zero attached hydrogens (tertiary/aromatic N) is 2. The number of rotatable bonds is 5. The molecule has 1 aromatic rings. The average molecular weight is 324 g/mol. The Balaban J connectivity index is 1.35. The summed E-state index contributed by atoms with van der Waals surface area (Å²) in [5.74, 6) is 0. The molecule has 2 aliphatic rings. The van der Waals surface area contributed by atoms with Crippen LogP contribution in [0, 0.1) is 0 Å². The molecule has 2 aliphatic heterocycles. The van der Waals surface area contributed by atoms with E-state index in [1.165, 1.54) is 18.5 Å². The van der Waals surface area contributed by atoms with Crippen LogP contribution in [0.4, 0.5) is 5.69 Å². The van der Waals surface area contributed by atoms with Crippen molar-refractivity contribution < 1.29 is 4.74 Å². The molecule has 0 amide bonds. The van der Waals surface area contributed by atoms with Crippen LogP contribution in [0.15, 0.2) is 24.3 Å². The summed E-state index contributed by atoms with van der Waals surface area (Å²) < 4.78 is 5.38. The highest BCUT2D eigenvalue weighted by molar-refractivity contribution is 6.30. The van der Waals surface area contributed by atoms with Crippen molar-refractivity contribution in [1.82, 2.24) is 10.2 Å². The van der Waals surface area contributed by atoms with Gasteiger partial charge in [-0.25, -0.2) is 0 Å². The molecule has 3 rings (SSSR count). The standard InChI is InChI=1S/C17H26ClN3O/c18-15-1-3-17(4-2-15)21-8-5-16(6-9-21)19-7-10-20-11-13-22-14-12-20/h1-4,16,19H,5-14H2. The van der Waals surface area contributed by atoms with Gasteiger partial charge in [0.1, 0.15) is 0 Å². The van der Waals surface area contributed by atoms with Gasteiger partial charge in [0.05, 0.1) is 13.2 Å². The third-order valence-corrected chi connectivity index (χ3v) is 4.90. The summed E-state index contributed by atoms with van der Waals surface area (Å²) in [6, 6.07) is 8.85. The normalized spacial score (nSPS) is 21.2. The molecule has 0 saturated carbocycles.